The summed E-state index contributed by atoms with van der Waals surface area (Å²) in [5, 5.41) is 21.2. The molecule has 1 amide bonds. The van der Waals surface area contributed by atoms with Gasteiger partial charge in [-0.05, 0) is 24.3 Å². The van der Waals surface area contributed by atoms with Gasteiger partial charge in [-0.1, -0.05) is 23.9 Å². The second-order valence-corrected chi connectivity index (χ2v) is 6.27. The van der Waals surface area contributed by atoms with Crippen molar-refractivity contribution in [3.8, 4) is 17.1 Å². The van der Waals surface area contributed by atoms with E-state index in [4.69, 9.17) is 0 Å². The van der Waals surface area contributed by atoms with Crippen LogP contribution in [0.1, 0.15) is 0 Å². The second-order valence-electron chi connectivity index (χ2n) is 5.33. The fourth-order valence-corrected chi connectivity index (χ4v) is 3.06. The fourth-order valence-electron chi connectivity index (χ4n) is 2.31. The highest BCUT2D eigenvalue weighted by Crippen LogP contribution is 2.24. The lowest BCUT2D eigenvalue weighted by atomic mass is 10.2. The molecule has 0 atom stereocenters. The summed E-state index contributed by atoms with van der Waals surface area (Å²) in [5.74, 6) is 0.770. The Kier molecular flexibility index (Phi) is 5.65. The van der Waals surface area contributed by atoms with Gasteiger partial charge in [0.1, 0.15) is 5.75 Å². The van der Waals surface area contributed by atoms with Crippen LogP contribution < -0.4 is 5.32 Å². The lowest BCUT2D eigenvalue weighted by molar-refractivity contribution is -0.113. The summed E-state index contributed by atoms with van der Waals surface area (Å²) in [5.41, 5.74) is 1.44. The number of thioether (sulfide) groups is 1. The molecule has 8 heteroatoms. The van der Waals surface area contributed by atoms with Crippen molar-refractivity contribution in [2.24, 2.45) is 0 Å². The normalized spacial score (nSPS) is 10.5. The van der Waals surface area contributed by atoms with Gasteiger partial charge in [-0.15, -0.1) is 16.8 Å². The Bertz CT molecular complexity index is 911. The van der Waals surface area contributed by atoms with Gasteiger partial charge in [0.15, 0.2) is 11.0 Å². The van der Waals surface area contributed by atoms with E-state index in [0.717, 1.165) is 5.56 Å². The number of anilines is 1. The molecule has 2 heterocycles. The number of amides is 1. The Labute approximate surface area is 154 Å². The molecule has 0 saturated heterocycles. The average Bonchev–Trinajstić information content (AvgIpc) is 3.04. The zero-order valence-corrected chi connectivity index (χ0v) is 14.7. The Hall–Kier alpha value is -3.13. The van der Waals surface area contributed by atoms with Crippen LogP contribution >= 0.6 is 11.8 Å². The Morgan fingerprint density at radius 3 is 2.81 bits per heavy atom. The monoisotopic (exact) mass is 367 g/mol. The van der Waals surface area contributed by atoms with Crippen LogP contribution in [0.3, 0.4) is 0 Å². The van der Waals surface area contributed by atoms with Crippen LogP contribution in [-0.4, -0.2) is 36.5 Å². The Morgan fingerprint density at radius 1 is 1.27 bits per heavy atom. The smallest absolute Gasteiger partial charge is 0.234 e. The maximum Gasteiger partial charge on any atom is 0.234 e. The fraction of sp³-hybridized carbons (Fsp3) is 0.111. The van der Waals surface area contributed by atoms with Gasteiger partial charge in [0.2, 0.25) is 5.91 Å². The molecule has 26 heavy (non-hydrogen) atoms. The number of benzene rings is 1. The van der Waals surface area contributed by atoms with Gasteiger partial charge in [-0.3, -0.25) is 14.3 Å². The number of hydrogen-bond donors (Lipinski definition) is 2. The van der Waals surface area contributed by atoms with E-state index in [1.165, 1.54) is 17.8 Å². The minimum Gasteiger partial charge on any atom is -0.508 e. The van der Waals surface area contributed by atoms with Crippen LogP contribution in [-0.2, 0) is 11.3 Å². The predicted molar refractivity (Wildman–Crippen MR) is 101 cm³/mol. The van der Waals surface area contributed by atoms with E-state index in [2.05, 4.69) is 27.1 Å². The number of aromatic nitrogens is 4. The highest BCUT2D eigenvalue weighted by Gasteiger charge is 2.15. The minimum atomic E-state index is -0.195. The van der Waals surface area contributed by atoms with E-state index in [9.17, 15) is 9.90 Å². The van der Waals surface area contributed by atoms with Crippen molar-refractivity contribution in [3.05, 3.63) is 61.4 Å². The quantitative estimate of drug-likeness (QED) is 0.493. The van der Waals surface area contributed by atoms with Crippen molar-refractivity contribution >= 4 is 23.4 Å². The minimum absolute atomic E-state index is 0.100. The maximum absolute atomic E-state index is 12.1. The number of carbonyl (C=O) groups excluding carboxylic acids is 1. The molecule has 1 aromatic carbocycles. The van der Waals surface area contributed by atoms with E-state index in [-0.39, 0.29) is 17.4 Å². The summed E-state index contributed by atoms with van der Waals surface area (Å²) in [6, 6.07) is 10.1. The first-order chi connectivity index (χ1) is 12.7. The van der Waals surface area contributed by atoms with E-state index in [0.29, 0.717) is 23.2 Å². The summed E-state index contributed by atoms with van der Waals surface area (Å²) >= 11 is 1.29. The second kappa shape index (κ2) is 8.30. The molecule has 2 N–H and O–H groups in total. The predicted octanol–water partition coefficient (Wildman–Crippen LogP) is 2.96. The van der Waals surface area contributed by atoms with Crippen LogP contribution in [0.2, 0.25) is 0 Å². The third kappa shape index (κ3) is 4.28. The highest BCUT2D eigenvalue weighted by molar-refractivity contribution is 7.99. The molecule has 0 spiro atoms. The Morgan fingerprint density at radius 2 is 2.08 bits per heavy atom. The van der Waals surface area contributed by atoms with Crippen molar-refractivity contribution in [3.63, 3.8) is 0 Å². The molecule has 0 aliphatic rings. The lowest BCUT2D eigenvalue weighted by Gasteiger charge is -2.08. The summed E-state index contributed by atoms with van der Waals surface area (Å²) in [6.07, 6.45) is 5.14. The summed E-state index contributed by atoms with van der Waals surface area (Å²) in [4.78, 5) is 16.1. The van der Waals surface area contributed by atoms with Gasteiger partial charge in [-0.2, -0.15) is 0 Å². The number of hydrogen-bond acceptors (Lipinski definition) is 6. The van der Waals surface area contributed by atoms with Gasteiger partial charge < -0.3 is 10.4 Å². The first kappa shape index (κ1) is 17.7. The number of aromatic hydroxyl groups is 1. The molecule has 0 bridgehead atoms. The summed E-state index contributed by atoms with van der Waals surface area (Å²) in [6.45, 7) is 4.30. The van der Waals surface area contributed by atoms with Gasteiger partial charge in [0.25, 0.3) is 0 Å². The van der Waals surface area contributed by atoms with E-state index >= 15 is 0 Å². The third-order valence-electron chi connectivity index (χ3n) is 3.43. The van der Waals surface area contributed by atoms with Crippen LogP contribution in [0.5, 0.6) is 5.75 Å². The number of carbonyl (C=O) groups is 1. The third-order valence-corrected chi connectivity index (χ3v) is 4.40. The van der Waals surface area contributed by atoms with E-state index in [1.807, 2.05) is 16.7 Å². The topological polar surface area (TPSA) is 92.9 Å². The molecule has 3 rings (SSSR count). The molecule has 7 nitrogen and oxygen atoms in total. The molecule has 132 valence electrons. The number of nitrogens with one attached hydrogen (secondary N) is 1. The van der Waals surface area contributed by atoms with Crippen LogP contribution in [0.4, 0.5) is 5.69 Å². The largest absolute Gasteiger partial charge is 0.508 e. The number of rotatable bonds is 7. The van der Waals surface area contributed by atoms with Gasteiger partial charge in [-0.25, -0.2) is 0 Å². The summed E-state index contributed by atoms with van der Waals surface area (Å²) < 4.78 is 1.90. The number of phenols is 1. The molecule has 0 saturated carbocycles. The molecule has 0 aliphatic carbocycles. The first-order valence-corrected chi connectivity index (χ1v) is 8.82. The van der Waals surface area contributed by atoms with Crippen LogP contribution in [0.25, 0.3) is 11.4 Å². The maximum atomic E-state index is 12.1. The zero-order valence-electron chi connectivity index (χ0n) is 13.9. The summed E-state index contributed by atoms with van der Waals surface area (Å²) in [7, 11) is 0. The number of allylic oxidation sites excluding steroid dienone is 1. The SMILES string of the molecule is C=CCn1c(SCC(=O)Nc2cccc(O)c2)nnc1-c1ccncc1. The van der Waals surface area contributed by atoms with Crippen molar-refractivity contribution < 1.29 is 9.90 Å². The molecular formula is C18H17N5O2S. The molecule has 0 fully saturated rings. The average molecular weight is 367 g/mol. The molecule has 0 radical (unpaired) electrons. The van der Waals surface area contributed by atoms with Crippen molar-refractivity contribution in [2.45, 2.75) is 11.7 Å². The van der Waals surface area contributed by atoms with Crippen molar-refractivity contribution in [1.29, 1.82) is 0 Å². The van der Waals surface area contributed by atoms with Gasteiger partial charge >= 0.3 is 0 Å². The number of phenolic OH excluding ortho intramolecular Hbond substituents is 1. The molecule has 2 aromatic heterocycles. The first-order valence-electron chi connectivity index (χ1n) is 7.83. The lowest BCUT2D eigenvalue weighted by Crippen LogP contribution is -2.14. The highest BCUT2D eigenvalue weighted by atomic mass is 32.2. The van der Waals surface area contributed by atoms with Gasteiger partial charge in [0.05, 0.1) is 5.75 Å². The van der Waals surface area contributed by atoms with Crippen LogP contribution in [0, 0.1) is 0 Å². The van der Waals surface area contributed by atoms with E-state index in [1.54, 1.807) is 36.7 Å². The molecule has 3 aromatic rings. The number of nitrogens with zero attached hydrogens (tertiary/aromatic N) is 4. The molecular weight excluding hydrogens is 350 g/mol. The van der Waals surface area contributed by atoms with E-state index < -0.39 is 0 Å². The van der Waals surface area contributed by atoms with Gasteiger partial charge in [0, 0.05) is 36.3 Å². The Balaban J connectivity index is 1.70. The molecule has 0 aliphatic heterocycles. The number of pyridine rings is 1. The van der Waals surface area contributed by atoms with Crippen LogP contribution in [0.15, 0.2) is 66.6 Å². The van der Waals surface area contributed by atoms with Crippen molar-refractivity contribution in [2.75, 3.05) is 11.1 Å². The zero-order chi connectivity index (χ0) is 18.4. The van der Waals surface area contributed by atoms with Crippen molar-refractivity contribution in [1.82, 2.24) is 19.7 Å². The standard InChI is InChI=1S/C18H17N5O2S/c1-2-10-23-17(13-6-8-19-9-7-13)21-22-18(23)26-12-16(25)20-14-4-3-5-15(24)11-14/h2-9,11,24H,1,10,12H2,(H,20,25). The molecule has 0 unspecified atom stereocenters.